The Labute approximate surface area is 133 Å². The van der Waals surface area contributed by atoms with Crippen molar-refractivity contribution in [1.29, 1.82) is 0 Å². The van der Waals surface area contributed by atoms with E-state index in [9.17, 15) is 8.42 Å². The lowest BCUT2D eigenvalue weighted by atomic mass is 10.2. The summed E-state index contributed by atoms with van der Waals surface area (Å²) in [4.78, 5) is 3.36. The second-order valence-corrected chi connectivity index (χ2v) is 7.42. The zero-order chi connectivity index (χ0) is 15.6. The number of hydrogen-bond donors (Lipinski definition) is 0. The van der Waals surface area contributed by atoms with Gasteiger partial charge in [0.25, 0.3) is 9.84 Å². The first-order chi connectivity index (χ1) is 9.84. The van der Waals surface area contributed by atoms with E-state index in [0.717, 1.165) is 5.56 Å². The van der Waals surface area contributed by atoms with Gasteiger partial charge in [-0.15, -0.1) is 0 Å². The van der Waals surface area contributed by atoms with Crippen molar-refractivity contribution in [2.24, 2.45) is 0 Å². The summed E-state index contributed by atoms with van der Waals surface area (Å²) < 4.78 is 25.2. The van der Waals surface area contributed by atoms with Crippen molar-refractivity contribution in [1.82, 2.24) is 0 Å². The van der Waals surface area contributed by atoms with Gasteiger partial charge in [-0.05, 0) is 37.3 Å². The fraction of sp³-hybridized carbons (Fsp3) is 0.133. The minimum Gasteiger partial charge on any atom is -0.291 e. The average Bonchev–Trinajstić information content (AvgIpc) is 2.38. The lowest BCUT2D eigenvalue weighted by molar-refractivity contribution is 0.590. The van der Waals surface area contributed by atoms with Gasteiger partial charge in [-0.2, -0.15) is 0 Å². The van der Waals surface area contributed by atoms with E-state index in [1.165, 1.54) is 30.3 Å². The van der Waals surface area contributed by atoms with Crippen molar-refractivity contribution < 1.29 is 8.42 Å². The van der Waals surface area contributed by atoms with Crippen molar-refractivity contribution in [2.45, 2.75) is 17.2 Å². The van der Waals surface area contributed by atoms with Gasteiger partial charge in [0.15, 0.2) is 0 Å². The van der Waals surface area contributed by atoms with Crippen LogP contribution in [0.1, 0.15) is 16.5 Å². The molecular formula is C15H11Cl2NO2S. The van der Waals surface area contributed by atoms with Crippen LogP contribution in [0.15, 0.2) is 47.4 Å². The van der Waals surface area contributed by atoms with Crippen LogP contribution >= 0.6 is 23.2 Å². The molecule has 0 saturated heterocycles. The van der Waals surface area contributed by atoms with Gasteiger partial charge in [0.2, 0.25) is 0 Å². The third-order valence-electron chi connectivity index (χ3n) is 2.93. The number of sulfone groups is 1. The molecule has 0 bridgehead atoms. The Bertz CT molecular complexity index is 788. The highest BCUT2D eigenvalue weighted by Gasteiger charge is 2.34. The highest BCUT2D eigenvalue weighted by atomic mass is 35.5. The standard InChI is InChI=1S/C15H11Cl2NO2S/c1-10-3-5-14(6-4-10)21(19,20)15(18-2)11-7-12(16)9-13(17)8-11/h3-9,15H,1H3. The van der Waals surface area contributed by atoms with Gasteiger partial charge >= 0.3 is 5.37 Å². The Morgan fingerprint density at radius 2 is 1.57 bits per heavy atom. The van der Waals surface area contributed by atoms with Crippen LogP contribution in [0.5, 0.6) is 0 Å². The number of nitrogens with zero attached hydrogens (tertiary/aromatic N) is 1. The summed E-state index contributed by atoms with van der Waals surface area (Å²) in [6.45, 7) is 9.11. The van der Waals surface area contributed by atoms with Gasteiger partial charge in [-0.25, -0.2) is 15.0 Å². The third kappa shape index (κ3) is 3.38. The first-order valence-electron chi connectivity index (χ1n) is 5.98. The molecule has 0 heterocycles. The molecule has 0 fully saturated rings. The lowest BCUT2D eigenvalue weighted by Gasteiger charge is -2.09. The quantitative estimate of drug-likeness (QED) is 0.760. The number of benzene rings is 2. The summed E-state index contributed by atoms with van der Waals surface area (Å²) >= 11 is 11.8. The maximum atomic E-state index is 12.6. The first-order valence-corrected chi connectivity index (χ1v) is 8.28. The smallest absolute Gasteiger partial charge is 0.291 e. The van der Waals surface area contributed by atoms with Gasteiger partial charge in [0.1, 0.15) is 0 Å². The summed E-state index contributed by atoms with van der Waals surface area (Å²) in [5.41, 5.74) is 1.21. The molecule has 2 rings (SSSR count). The summed E-state index contributed by atoms with van der Waals surface area (Å²) in [6.07, 6.45) is 0. The molecule has 0 aliphatic rings. The lowest BCUT2D eigenvalue weighted by Crippen LogP contribution is -2.10. The van der Waals surface area contributed by atoms with Crippen molar-refractivity contribution >= 4 is 33.0 Å². The van der Waals surface area contributed by atoms with E-state index in [0.29, 0.717) is 10.0 Å². The van der Waals surface area contributed by atoms with E-state index < -0.39 is 15.2 Å². The van der Waals surface area contributed by atoms with E-state index in [1.807, 2.05) is 6.92 Å². The van der Waals surface area contributed by atoms with Crippen LogP contribution in [0.3, 0.4) is 0 Å². The molecule has 0 amide bonds. The molecule has 2 aromatic rings. The van der Waals surface area contributed by atoms with Gasteiger partial charge < -0.3 is 0 Å². The van der Waals surface area contributed by atoms with E-state index in [-0.39, 0.29) is 10.5 Å². The number of aryl methyl sites for hydroxylation is 1. The molecule has 0 aliphatic carbocycles. The Morgan fingerprint density at radius 1 is 1.05 bits per heavy atom. The Balaban J connectivity index is 2.55. The molecule has 3 nitrogen and oxygen atoms in total. The van der Waals surface area contributed by atoms with Gasteiger partial charge in [0, 0.05) is 10.0 Å². The van der Waals surface area contributed by atoms with Crippen LogP contribution < -0.4 is 0 Å². The largest absolute Gasteiger partial charge is 0.350 e. The van der Waals surface area contributed by atoms with Crippen molar-refractivity contribution in [3.05, 3.63) is 75.1 Å². The Kier molecular flexibility index (Phi) is 4.58. The molecule has 1 atom stereocenters. The van der Waals surface area contributed by atoms with E-state index >= 15 is 0 Å². The van der Waals surface area contributed by atoms with Crippen LogP contribution in [0.4, 0.5) is 0 Å². The molecule has 1 unspecified atom stereocenters. The summed E-state index contributed by atoms with van der Waals surface area (Å²) in [5.74, 6) is 0. The number of hydrogen-bond acceptors (Lipinski definition) is 2. The fourth-order valence-corrected chi connectivity index (χ4v) is 3.85. The summed E-state index contributed by atoms with van der Waals surface area (Å²) in [6, 6.07) is 10.8. The maximum Gasteiger partial charge on any atom is 0.350 e. The van der Waals surface area contributed by atoms with Crippen molar-refractivity contribution in [3.63, 3.8) is 0 Å². The van der Waals surface area contributed by atoms with Crippen LogP contribution in [0, 0.1) is 13.5 Å². The van der Waals surface area contributed by atoms with Crippen molar-refractivity contribution in [2.75, 3.05) is 0 Å². The van der Waals surface area contributed by atoms with Crippen LogP contribution in [-0.2, 0) is 9.84 Å². The topological polar surface area (TPSA) is 38.5 Å². The van der Waals surface area contributed by atoms with Crippen LogP contribution in [-0.4, -0.2) is 8.42 Å². The maximum absolute atomic E-state index is 12.6. The molecule has 108 valence electrons. The third-order valence-corrected chi connectivity index (χ3v) is 5.26. The first kappa shape index (κ1) is 15.8. The summed E-state index contributed by atoms with van der Waals surface area (Å²) in [5, 5.41) is -0.771. The average molecular weight is 340 g/mol. The minimum atomic E-state index is -3.83. The minimum absolute atomic E-state index is 0.102. The SMILES string of the molecule is [C-]#[N+]C(c1cc(Cl)cc(Cl)c1)S(=O)(=O)c1ccc(C)cc1. The van der Waals surface area contributed by atoms with Gasteiger partial charge in [-0.3, -0.25) is 4.85 Å². The predicted molar refractivity (Wildman–Crippen MR) is 84.2 cm³/mol. The second kappa shape index (κ2) is 6.07. The molecule has 6 heteroatoms. The monoisotopic (exact) mass is 339 g/mol. The van der Waals surface area contributed by atoms with Crippen molar-refractivity contribution in [3.8, 4) is 0 Å². The fourth-order valence-electron chi connectivity index (χ4n) is 1.90. The zero-order valence-corrected chi connectivity index (χ0v) is 13.4. The second-order valence-electron chi connectivity index (χ2n) is 4.54. The van der Waals surface area contributed by atoms with E-state index in [1.54, 1.807) is 12.1 Å². The molecule has 0 aliphatic heterocycles. The van der Waals surface area contributed by atoms with Gasteiger partial charge in [0.05, 0.1) is 10.5 Å². The predicted octanol–water partition coefficient (Wildman–Crippen LogP) is 4.69. The molecule has 0 spiro atoms. The van der Waals surface area contributed by atoms with Crippen LogP contribution in [0.25, 0.3) is 4.85 Å². The molecule has 0 radical (unpaired) electrons. The number of halogens is 2. The van der Waals surface area contributed by atoms with Crippen LogP contribution in [0.2, 0.25) is 10.0 Å². The van der Waals surface area contributed by atoms with E-state index in [4.69, 9.17) is 29.8 Å². The summed E-state index contributed by atoms with van der Waals surface area (Å²) in [7, 11) is -3.83. The molecule has 0 aromatic heterocycles. The zero-order valence-electron chi connectivity index (χ0n) is 11.0. The normalized spacial score (nSPS) is 12.7. The molecule has 0 saturated carbocycles. The molecule has 21 heavy (non-hydrogen) atoms. The molecular weight excluding hydrogens is 329 g/mol. The highest BCUT2D eigenvalue weighted by molar-refractivity contribution is 7.91. The highest BCUT2D eigenvalue weighted by Crippen LogP contribution is 2.33. The van der Waals surface area contributed by atoms with E-state index in [2.05, 4.69) is 4.85 Å². The Hall–Kier alpha value is -1.54. The number of rotatable bonds is 3. The molecule has 0 N–H and O–H groups in total. The Morgan fingerprint density at radius 3 is 2.05 bits per heavy atom. The van der Waals surface area contributed by atoms with Gasteiger partial charge in [-0.1, -0.05) is 40.9 Å². The molecule has 2 aromatic carbocycles.